The van der Waals surface area contributed by atoms with Gasteiger partial charge in [-0.3, -0.25) is 28.7 Å². The number of primary sulfonamides is 1. The average molecular weight is 2070 g/mol. The molecule has 2 aromatic heterocycles. The van der Waals surface area contributed by atoms with E-state index in [1.165, 1.54) is 58.4 Å². The number of nitrogens with two attached hydrogens (primary N) is 1. The van der Waals surface area contributed by atoms with Gasteiger partial charge in [-0.2, -0.15) is 0 Å². The number of ether oxygens (including phenoxy) is 6. The molecule has 0 spiro atoms. The van der Waals surface area contributed by atoms with E-state index in [-0.39, 0.29) is 95.0 Å². The minimum absolute atomic E-state index is 0. The number of likely N-dealkylation sites (tertiary alicyclic amines) is 2. The number of benzene rings is 6. The molecule has 8 N–H and O–H groups in total. The van der Waals surface area contributed by atoms with Crippen molar-refractivity contribution >= 4 is 97.9 Å². The third-order valence-corrected chi connectivity index (χ3v) is 27.8. The fourth-order valence-corrected chi connectivity index (χ4v) is 18.9. The second-order valence-corrected chi connectivity index (χ2v) is 42.2. The predicted octanol–water partition coefficient (Wildman–Crippen LogP) is 12.5. The molecular formula is C96H115BF2N10O19S2U. The van der Waals surface area contributed by atoms with Crippen LogP contribution in [0.25, 0.3) is 44.3 Å². The van der Waals surface area contributed by atoms with Crippen LogP contribution in [0.5, 0.6) is 23.0 Å². The zero-order chi connectivity index (χ0) is 96.1. The summed E-state index contributed by atoms with van der Waals surface area (Å²) in [6.07, 6.45) is 2.45. The Kier molecular flexibility index (Phi) is 30.6. The Bertz CT molecular complexity index is 5870. The second kappa shape index (κ2) is 39.8. The van der Waals surface area contributed by atoms with Gasteiger partial charge in [0.05, 0.1) is 59.2 Å². The summed E-state index contributed by atoms with van der Waals surface area (Å²) in [5.74, 6) is -4.28. The van der Waals surface area contributed by atoms with Gasteiger partial charge >= 0.3 is 18.2 Å². The number of nitrogens with zero attached hydrogens (tertiary/aromatic N) is 4. The number of aliphatic carboxylic acids is 1. The number of aromatic nitrogens is 2. The smallest absolute Gasteiger partial charge is 0.408 e. The summed E-state index contributed by atoms with van der Waals surface area (Å²) in [4.78, 5) is 123. The summed E-state index contributed by atoms with van der Waals surface area (Å²) in [5.41, 5.74) is -0.935. The number of hydrogen-bond donors (Lipinski definition) is 7. The molecule has 14 rings (SSSR count). The number of nitrogens with one attached hydrogen (secondary N) is 5. The second-order valence-electron chi connectivity index (χ2n) is 38.1. The Morgan fingerprint density at radius 2 is 0.924 bits per heavy atom. The minimum atomic E-state index is -4.28. The molecule has 35 heteroatoms. The number of pyridine rings is 2. The van der Waals surface area contributed by atoms with Gasteiger partial charge in [-0.05, 0) is 165 Å². The Balaban J connectivity index is 0.000000235. The number of hydrogen-bond acceptors (Lipinski definition) is 20. The molecule has 696 valence electrons. The third-order valence-electron chi connectivity index (χ3n) is 23.9. The van der Waals surface area contributed by atoms with Crippen molar-refractivity contribution in [1.29, 1.82) is 1.34 Å². The molecule has 2 radical (unpaired) electrons. The van der Waals surface area contributed by atoms with Crippen LogP contribution < -0.4 is 50.1 Å². The van der Waals surface area contributed by atoms with E-state index in [1.54, 1.807) is 134 Å². The van der Waals surface area contributed by atoms with Crippen LogP contribution in [0, 0.1) is 65.4 Å². The van der Waals surface area contributed by atoms with E-state index in [2.05, 4.69) is 47.5 Å². The van der Waals surface area contributed by atoms with Crippen molar-refractivity contribution in [3.63, 3.8) is 0 Å². The van der Waals surface area contributed by atoms with Gasteiger partial charge in [-0.15, -0.1) is 13.2 Å². The van der Waals surface area contributed by atoms with Crippen molar-refractivity contribution < 1.29 is 129 Å². The summed E-state index contributed by atoms with van der Waals surface area (Å²) in [6, 6.07) is 40.4. The maximum atomic E-state index is 14.8. The molecule has 4 heterocycles. The number of carbonyl (C=O) groups is 8. The summed E-state index contributed by atoms with van der Waals surface area (Å²) >= 11 is 0. The first-order chi connectivity index (χ1) is 61.4. The Morgan fingerprint density at radius 3 is 1.25 bits per heavy atom. The summed E-state index contributed by atoms with van der Waals surface area (Å²) in [7, 11) is -0.891. The summed E-state index contributed by atoms with van der Waals surface area (Å²) < 4.78 is 117. The van der Waals surface area contributed by atoms with Gasteiger partial charge in [0.25, 0.3) is 5.91 Å². The van der Waals surface area contributed by atoms with Crippen LogP contribution in [0.15, 0.2) is 183 Å². The minimum Gasteiger partial charge on any atom is -0.497 e. The number of fused-ring (bicyclic) bond motifs is 2. The first kappa shape index (κ1) is 101. The Labute approximate surface area is 790 Å². The first-order valence-corrected chi connectivity index (χ1v) is 45.7. The SMILES string of the molecule is C=C[C@@H]1C[C@]1(NC(=O)[C@@H]1C[C@@H](Oc2cc(-c3ccccc3)nc3cc(OC)ccc23)CN1C(=O)[C@@H](NC(=O)OC(C)(C)C)C(C)(C)C)C(=O)NS(=O)(=O)C1(Cc2ccc(F)cc2)CC1.C=C[C@@H]1C[C@]1(NC(=O)[C@@H]1C[C@@H](Oc2cc(-c3ccccc3)nc3cc(OC)ccc23)CN1C(=O)[C@@H](NC(=O)OC(C)(C)C)C(C)(C)C)C(=O)O.NS(=O)(=O)C1(Cc2ccc(F)cc2)CC1.[2H][B].[U]. The zero-order valence-corrected chi connectivity index (χ0v) is 81.8. The van der Waals surface area contributed by atoms with Crippen LogP contribution >= 0.6 is 0 Å². The van der Waals surface area contributed by atoms with Gasteiger partial charge in [-0.25, -0.2) is 55.1 Å². The van der Waals surface area contributed by atoms with Gasteiger partial charge in [-0.1, -0.05) is 139 Å². The van der Waals surface area contributed by atoms with E-state index in [0.717, 1.165) is 16.7 Å². The summed E-state index contributed by atoms with van der Waals surface area (Å²) in [5, 5.41) is 27.5. The number of sulfonamides is 2. The van der Waals surface area contributed by atoms with Crippen LogP contribution in [0.4, 0.5) is 18.4 Å². The number of rotatable bonds is 27. The molecule has 4 saturated carbocycles. The van der Waals surface area contributed by atoms with Crippen molar-refractivity contribution in [3.05, 3.63) is 206 Å². The summed E-state index contributed by atoms with van der Waals surface area (Å²) in [6.45, 7) is 28.4. The third kappa shape index (κ3) is 24.1. The van der Waals surface area contributed by atoms with Crippen LogP contribution in [0.1, 0.15) is 146 Å². The van der Waals surface area contributed by atoms with E-state index in [1.807, 2.05) is 84.9 Å². The van der Waals surface area contributed by atoms with Crippen molar-refractivity contribution in [1.82, 2.24) is 45.8 Å². The number of carboxylic acids is 1. The monoisotopic (exact) mass is 2060 g/mol. The van der Waals surface area contributed by atoms with E-state index >= 15 is 0 Å². The largest absolute Gasteiger partial charge is 0.497 e. The van der Waals surface area contributed by atoms with Gasteiger partial charge in [0.2, 0.25) is 43.7 Å². The molecule has 4 aliphatic carbocycles. The van der Waals surface area contributed by atoms with Crippen molar-refractivity contribution in [3.8, 4) is 45.5 Å². The van der Waals surface area contributed by atoms with Crippen LogP contribution in [0.2, 0.25) is 0 Å². The molecule has 29 nitrogen and oxygen atoms in total. The zero-order valence-electron chi connectivity index (χ0n) is 77.0. The normalized spacial score (nSPS) is 21.4. The Hall–Kier alpha value is -11.0. The fourth-order valence-electron chi connectivity index (χ4n) is 16.2. The first-order valence-electron chi connectivity index (χ1n) is 43.3. The Morgan fingerprint density at radius 1 is 0.557 bits per heavy atom. The van der Waals surface area contributed by atoms with E-state index in [9.17, 15) is 69.1 Å². The van der Waals surface area contributed by atoms with Gasteiger partial charge < -0.3 is 64.6 Å². The topological polar surface area (TPSA) is 399 Å². The number of halogens is 2. The number of methoxy groups -OCH3 is 2. The molecule has 10 atom stereocenters. The van der Waals surface area contributed by atoms with E-state index in [0.29, 0.717) is 81.0 Å². The van der Waals surface area contributed by atoms with E-state index in [4.69, 9.17) is 44.9 Å². The van der Waals surface area contributed by atoms with Crippen LogP contribution in [0.3, 0.4) is 0 Å². The van der Waals surface area contributed by atoms with Gasteiger partial charge in [0, 0.05) is 110 Å². The van der Waals surface area contributed by atoms with Gasteiger partial charge in [0.15, 0.2) is 0 Å². The molecule has 8 aromatic rings. The quantitative estimate of drug-likeness (QED) is 0.0186. The molecule has 0 bridgehead atoms. The number of alkyl carbamates (subject to hydrolysis) is 2. The van der Waals surface area contributed by atoms with Crippen molar-refractivity contribution in [2.75, 3.05) is 27.3 Å². The molecule has 131 heavy (non-hydrogen) atoms. The van der Waals surface area contributed by atoms with E-state index < -0.39 is 164 Å². The fraction of sp³-hybridized carbons (Fsp3) is 0.438. The molecule has 0 unspecified atom stereocenters. The molecule has 7 amide bonds. The molecular weight excluding hydrogens is 1950 g/mol. The maximum absolute atomic E-state index is 14.8. The number of carbonyl (C=O) groups excluding carboxylic acids is 7. The molecule has 2 aliphatic heterocycles. The number of carboxylic acid groups (broad SMARTS) is 1. The molecule has 6 aromatic carbocycles. The molecule has 6 aliphatic rings. The van der Waals surface area contributed by atoms with Crippen LogP contribution in [-0.2, 0) is 71.1 Å². The standard InChI is InChI=1S/C48H56FN5O9S.C38H46N4O8.C10H12FNO2S.BH.U/c1-9-31-27-48(31,43(57)53-64(59,60)47(21-22-47)26-29-15-17-32(49)18-16-29)52-41(55)38-24-34(28-54(38)42(56)40(45(2,3)4)51-44(58)63-46(5,6)7)62-39-25-36(30-13-11-10-12-14-30)50-37-23-33(61-8)19-20-35(37)39;1-9-23-20-38(23,34(45)46)41-32(43)29-18-25(21-42(29)33(44)31(36(2,3)4)40-35(47)50-37(5,6)7)49-30-19-27(22-13-11-10-12-14-22)39-28-17-24(48-8)15-16-26(28)30;11-9-3-1-8(2-4-9)7-10(5-6-10)15(12,13)14;;/h9-20,23,25,31,34,38,40H,1,21-22,24,26-28H2,2-8H3,(H,51,58)(H,52,55)(H,53,57);9-17,19,23,25,29,31H,1,18,20-21H2,2-8H3,(H,40,47)(H,41,43)(H,45,46);1-4H,5-7H2,(H2,12,13,14);1H;/t31-,34-,38+,40-,48-;23-,25-,29+,31-,38-;;;/m11.../s1/i;;;1D;. The predicted molar refractivity (Wildman–Crippen MR) is 489 cm³/mol. The van der Waals surface area contributed by atoms with Crippen LogP contribution in [-0.4, -0.2) is 195 Å². The van der Waals surface area contributed by atoms with Gasteiger partial charge in [0.1, 0.15) is 93.3 Å². The molecule has 6 fully saturated rings. The average Bonchev–Trinajstić information content (AvgIpc) is 1.56. The molecule has 2 saturated heterocycles. The van der Waals surface area contributed by atoms with Crippen molar-refractivity contribution in [2.24, 2.45) is 27.8 Å². The maximum Gasteiger partial charge on any atom is 0.408 e. The van der Waals surface area contributed by atoms with Crippen molar-refractivity contribution in [2.45, 2.75) is 215 Å². The number of amides is 7.